The van der Waals surface area contributed by atoms with Crippen molar-refractivity contribution in [3.05, 3.63) is 35.9 Å². The van der Waals surface area contributed by atoms with Gasteiger partial charge >= 0.3 is 5.97 Å². The third kappa shape index (κ3) is 4.90. The van der Waals surface area contributed by atoms with E-state index in [0.29, 0.717) is 0 Å². The van der Waals surface area contributed by atoms with Gasteiger partial charge < -0.3 is 28.5 Å². The summed E-state index contributed by atoms with van der Waals surface area (Å²) < 4.78 is 29.7. The van der Waals surface area contributed by atoms with E-state index in [-0.39, 0.29) is 11.6 Å². The Morgan fingerprint density at radius 1 is 1.17 bits per heavy atom. The Morgan fingerprint density at radius 3 is 2.41 bits per heavy atom. The van der Waals surface area contributed by atoms with E-state index < -0.39 is 51.3 Å². The van der Waals surface area contributed by atoms with Gasteiger partial charge in [-0.05, 0) is 18.1 Å². The van der Waals surface area contributed by atoms with Crippen molar-refractivity contribution in [2.75, 3.05) is 6.61 Å². The second-order valence-electron chi connectivity index (χ2n) is 9.16. The van der Waals surface area contributed by atoms with E-state index in [0.717, 1.165) is 5.56 Å². The summed E-state index contributed by atoms with van der Waals surface area (Å²) in [6.45, 7) is 12.1. The maximum absolute atomic E-state index is 11.5. The molecule has 3 rings (SSSR count). The Labute approximate surface area is 173 Å². The molecule has 29 heavy (non-hydrogen) atoms. The fourth-order valence-electron chi connectivity index (χ4n) is 3.25. The highest BCUT2D eigenvalue weighted by molar-refractivity contribution is 6.74. The molecule has 162 valence electrons. The molecule has 0 spiro atoms. The number of ether oxygens (including phenoxy) is 4. The average Bonchev–Trinajstić information content (AvgIpc) is 2.64. The van der Waals surface area contributed by atoms with Crippen molar-refractivity contribution < 1.29 is 33.3 Å². The predicted molar refractivity (Wildman–Crippen MR) is 109 cm³/mol. The zero-order chi connectivity index (χ0) is 21.4. The highest BCUT2D eigenvalue weighted by atomic mass is 28.4. The van der Waals surface area contributed by atoms with Gasteiger partial charge in [0.2, 0.25) is 6.29 Å². The van der Waals surface area contributed by atoms with E-state index in [4.69, 9.17) is 23.4 Å². The first-order valence-electron chi connectivity index (χ1n) is 10.0. The van der Waals surface area contributed by atoms with Crippen molar-refractivity contribution in [2.24, 2.45) is 0 Å². The summed E-state index contributed by atoms with van der Waals surface area (Å²) in [7, 11) is -2.26. The van der Waals surface area contributed by atoms with E-state index in [9.17, 15) is 9.90 Å². The number of benzene rings is 1. The second kappa shape index (κ2) is 8.45. The van der Waals surface area contributed by atoms with Gasteiger partial charge in [-0.3, -0.25) is 4.79 Å². The Bertz CT molecular complexity index is 703. The number of hydrogen-bond donors (Lipinski definition) is 1. The minimum atomic E-state index is -2.26. The molecule has 2 aliphatic heterocycles. The third-order valence-corrected chi connectivity index (χ3v) is 10.4. The number of hydrogen-bond acceptors (Lipinski definition) is 7. The molecule has 1 aromatic carbocycles. The molecule has 0 bridgehead atoms. The molecule has 1 N–H and O–H groups in total. The highest BCUT2D eigenvalue weighted by Crippen LogP contribution is 2.42. The zero-order valence-corrected chi connectivity index (χ0v) is 19.0. The van der Waals surface area contributed by atoms with Gasteiger partial charge in [0, 0.05) is 12.5 Å². The van der Waals surface area contributed by atoms with Crippen LogP contribution in [0.2, 0.25) is 18.1 Å². The van der Waals surface area contributed by atoms with Crippen molar-refractivity contribution in [1.29, 1.82) is 0 Å². The van der Waals surface area contributed by atoms with Crippen molar-refractivity contribution in [3.63, 3.8) is 0 Å². The predicted octanol–water partition coefficient (Wildman–Crippen LogP) is 3.14. The summed E-state index contributed by atoms with van der Waals surface area (Å²) in [5.74, 6) is -0.529. The quantitative estimate of drug-likeness (QED) is 0.587. The number of esters is 1. The summed E-state index contributed by atoms with van der Waals surface area (Å²) in [5, 5.41) is 10.9. The fraction of sp³-hybridized carbons (Fsp3) is 0.667. The van der Waals surface area contributed by atoms with Gasteiger partial charge in [-0.2, -0.15) is 0 Å². The SMILES string of the molecule is CC(=O)O[C@H]1O[C@@H]2COC(c3ccccc3)O[C@H]2[C@H](O[Si](C)(C)C(C)(C)C)[C@H]1O. The normalized spacial score (nSPS) is 33.1. The topological polar surface area (TPSA) is 83.5 Å². The lowest BCUT2D eigenvalue weighted by Gasteiger charge is -2.50. The maximum Gasteiger partial charge on any atom is 0.305 e. The molecule has 0 saturated carbocycles. The summed E-state index contributed by atoms with van der Waals surface area (Å²) in [4.78, 5) is 11.5. The van der Waals surface area contributed by atoms with Gasteiger partial charge in [-0.25, -0.2) is 0 Å². The highest BCUT2D eigenvalue weighted by Gasteiger charge is 2.54. The summed E-state index contributed by atoms with van der Waals surface area (Å²) in [5.41, 5.74) is 0.883. The van der Waals surface area contributed by atoms with Crippen LogP contribution < -0.4 is 0 Å². The molecule has 2 aliphatic rings. The lowest BCUT2D eigenvalue weighted by atomic mass is 9.98. The van der Waals surface area contributed by atoms with Gasteiger partial charge in [-0.1, -0.05) is 51.1 Å². The van der Waals surface area contributed by atoms with Gasteiger partial charge in [0.1, 0.15) is 24.4 Å². The molecule has 0 amide bonds. The van der Waals surface area contributed by atoms with Crippen LogP contribution in [0.3, 0.4) is 0 Å². The molecule has 2 fully saturated rings. The number of carbonyl (C=O) groups excluding carboxylic acids is 1. The molecular weight excluding hydrogens is 392 g/mol. The van der Waals surface area contributed by atoms with Crippen molar-refractivity contribution in [2.45, 2.75) is 82.8 Å². The van der Waals surface area contributed by atoms with Crippen LogP contribution in [0.25, 0.3) is 0 Å². The number of carbonyl (C=O) groups is 1. The lowest BCUT2D eigenvalue weighted by Crippen LogP contribution is -2.65. The Hall–Kier alpha value is -1.29. The Morgan fingerprint density at radius 2 is 1.83 bits per heavy atom. The minimum absolute atomic E-state index is 0.0680. The third-order valence-electron chi connectivity index (χ3n) is 5.90. The van der Waals surface area contributed by atoms with Crippen LogP contribution in [0.4, 0.5) is 0 Å². The smallest absolute Gasteiger partial charge is 0.305 e. The molecule has 8 heteroatoms. The van der Waals surface area contributed by atoms with Crippen molar-refractivity contribution in [1.82, 2.24) is 0 Å². The largest absolute Gasteiger partial charge is 0.433 e. The lowest BCUT2D eigenvalue weighted by molar-refractivity contribution is -0.353. The summed E-state index contributed by atoms with van der Waals surface area (Å²) >= 11 is 0. The number of aliphatic hydroxyl groups excluding tert-OH is 1. The molecule has 2 heterocycles. The van der Waals surface area contributed by atoms with E-state index >= 15 is 0 Å². The van der Waals surface area contributed by atoms with Crippen LogP contribution in [-0.2, 0) is 28.2 Å². The van der Waals surface area contributed by atoms with Gasteiger partial charge in [0.25, 0.3) is 0 Å². The number of rotatable bonds is 4. The van der Waals surface area contributed by atoms with Crippen molar-refractivity contribution >= 4 is 14.3 Å². The first-order chi connectivity index (χ1) is 13.5. The molecule has 2 saturated heterocycles. The van der Waals surface area contributed by atoms with E-state index in [1.54, 1.807) is 0 Å². The number of aliphatic hydroxyl groups is 1. The van der Waals surface area contributed by atoms with Crippen LogP contribution in [0.15, 0.2) is 30.3 Å². The van der Waals surface area contributed by atoms with Gasteiger partial charge in [0.05, 0.1) is 6.61 Å². The van der Waals surface area contributed by atoms with Crippen LogP contribution in [0, 0.1) is 0 Å². The first-order valence-corrected chi connectivity index (χ1v) is 12.9. The average molecular weight is 425 g/mol. The fourth-order valence-corrected chi connectivity index (χ4v) is 4.56. The molecule has 1 unspecified atom stereocenters. The standard InChI is InChI=1S/C21H32O7Si/c1-13(22)25-20-16(23)18(28-29(5,6)21(2,3)4)17-15(26-20)12-24-19(27-17)14-10-8-7-9-11-14/h7-11,15-20,23H,12H2,1-6H3/t15-,16-,17-,18-,19?,20+/m1/s1. The Balaban J connectivity index is 1.87. The van der Waals surface area contributed by atoms with E-state index in [2.05, 4.69) is 33.9 Å². The molecule has 0 radical (unpaired) electrons. The van der Waals surface area contributed by atoms with Crippen LogP contribution in [-0.4, -0.2) is 56.7 Å². The van der Waals surface area contributed by atoms with E-state index in [1.807, 2.05) is 30.3 Å². The molecule has 1 aromatic rings. The first kappa shape index (κ1) is 22.4. The summed E-state index contributed by atoms with van der Waals surface area (Å²) in [6, 6.07) is 9.62. The van der Waals surface area contributed by atoms with Crippen LogP contribution in [0.5, 0.6) is 0 Å². The zero-order valence-electron chi connectivity index (χ0n) is 18.0. The molecule has 6 atom stereocenters. The van der Waals surface area contributed by atoms with Gasteiger partial charge in [0.15, 0.2) is 14.6 Å². The molecular formula is C21H32O7Si. The van der Waals surface area contributed by atoms with Gasteiger partial charge in [-0.15, -0.1) is 0 Å². The second-order valence-corrected chi connectivity index (χ2v) is 13.9. The van der Waals surface area contributed by atoms with E-state index in [1.165, 1.54) is 6.92 Å². The molecule has 0 aliphatic carbocycles. The Kier molecular flexibility index (Phi) is 6.52. The molecule has 0 aromatic heterocycles. The monoisotopic (exact) mass is 424 g/mol. The summed E-state index contributed by atoms with van der Waals surface area (Å²) in [6.07, 6.45) is -4.63. The maximum atomic E-state index is 11.5. The van der Waals surface area contributed by atoms with Crippen LogP contribution in [0.1, 0.15) is 39.5 Å². The van der Waals surface area contributed by atoms with Crippen LogP contribution >= 0.6 is 0 Å². The van der Waals surface area contributed by atoms with Crippen molar-refractivity contribution in [3.8, 4) is 0 Å². The molecule has 7 nitrogen and oxygen atoms in total. The number of fused-ring (bicyclic) bond motifs is 1. The minimum Gasteiger partial charge on any atom is -0.433 e.